The molecule has 2 aromatic rings. The molecular formula is C19H9N5O3. The van der Waals surface area contributed by atoms with Crippen molar-refractivity contribution >= 4 is 17.9 Å². The number of nitriles is 3. The van der Waals surface area contributed by atoms with Gasteiger partial charge in [-0.1, -0.05) is 6.07 Å². The SMILES string of the molecule is N#CC(C#N)=C(N)/C(C#N)=C/c1ccc(-c2ccc3c(c2)C(=O)NC3=O)o1. The molecule has 0 fully saturated rings. The second-order valence-corrected chi connectivity index (χ2v) is 5.43. The highest BCUT2D eigenvalue weighted by molar-refractivity contribution is 6.21. The highest BCUT2D eigenvalue weighted by atomic mass is 16.3. The Balaban J connectivity index is 1.98. The molecule has 0 atom stereocenters. The fraction of sp³-hybridized carbons (Fsp3) is 0. The quantitative estimate of drug-likeness (QED) is 0.484. The highest BCUT2D eigenvalue weighted by Gasteiger charge is 2.27. The van der Waals surface area contributed by atoms with Gasteiger partial charge in [-0.15, -0.1) is 0 Å². The van der Waals surface area contributed by atoms with E-state index in [4.69, 9.17) is 20.7 Å². The molecule has 27 heavy (non-hydrogen) atoms. The molecule has 2 heterocycles. The maximum absolute atomic E-state index is 11.8. The van der Waals surface area contributed by atoms with Gasteiger partial charge in [-0.05, 0) is 24.3 Å². The van der Waals surface area contributed by atoms with Crippen molar-refractivity contribution in [2.45, 2.75) is 0 Å². The van der Waals surface area contributed by atoms with E-state index in [0.29, 0.717) is 16.9 Å². The molecule has 0 spiro atoms. The van der Waals surface area contributed by atoms with Crippen molar-refractivity contribution in [3.63, 3.8) is 0 Å². The van der Waals surface area contributed by atoms with Gasteiger partial charge in [0.1, 0.15) is 29.7 Å². The molecule has 8 heteroatoms. The summed E-state index contributed by atoms with van der Waals surface area (Å²) in [5.74, 6) is -0.261. The zero-order chi connectivity index (χ0) is 19.6. The Kier molecular flexibility index (Phi) is 4.28. The summed E-state index contributed by atoms with van der Waals surface area (Å²) in [6, 6.07) is 12.9. The minimum atomic E-state index is -0.478. The average Bonchev–Trinajstić information content (AvgIpc) is 3.25. The summed E-state index contributed by atoms with van der Waals surface area (Å²) in [6.45, 7) is 0. The Hall–Kier alpha value is -4.61. The number of rotatable bonds is 3. The number of furan rings is 1. The summed E-state index contributed by atoms with van der Waals surface area (Å²) >= 11 is 0. The molecule has 8 nitrogen and oxygen atoms in total. The fourth-order valence-corrected chi connectivity index (χ4v) is 2.50. The van der Waals surface area contributed by atoms with Crippen molar-refractivity contribution in [2.24, 2.45) is 5.73 Å². The Morgan fingerprint density at radius 3 is 2.37 bits per heavy atom. The van der Waals surface area contributed by atoms with Crippen molar-refractivity contribution < 1.29 is 14.0 Å². The molecule has 1 aromatic heterocycles. The third-order valence-corrected chi connectivity index (χ3v) is 3.84. The van der Waals surface area contributed by atoms with E-state index < -0.39 is 11.8 Å². The number of carbonyl (C=O) groups is 2. The summed E-state index contributed by atoms with van der Waals surface area (Å²) in [7, 11) is 0. The lowest BCUT2D eigenvalue weighted by Gasteiger charge is -2.00. The van der Waals surface area contributed by atoms with E-state index >= 15 is 0 Å². The lowest BCUT2D eigenvalue weighted by Crippen LogP contribution is -2.19. The maximum atomic E-state index is 11.8. The van der Waals surface area contributed by atoms with Crippen molar-refractivity contribution in [1.82, 2.24) is 5.32 Å². The number of hydrogen-bond donors (Lipinski definition) is 2. The lowest BCUT2D eigenvalue weighted by atomic mass is 10.0. The van der Waals surface area contributed by atoms with Gasteiger partial charge in [0.2, 0.25) is 0 Å². The molecule has 0 bridgehead atoms. The van der Waals surface area contributed by atoms with E-state index in [1.54, 1.807) is 30.3 Å². The van der Waals surface area contributed by atoms with E-state index in [2.05, 4.69) is 5.32 Å². The molecule has 3 N–H and O–H groups in total. The average molecular weight is 355 g/mol. The third-order valence-electron chi connectivity index (χ3n) is 3.84. The van der Waals surface area contributed by atoms with Crippen molar-refractivity contribution in [2.75, 3.05) is 0 Å². The summed E-state index contributed by atoms with van der Waals surface area (Å²) in [4.78, 5) is 23.4. The zero-order valence-corrected chi connectivity index (χ0v) is 13.6. The number of benzene rings is 1. The van der Waals surface area contributed by atoms with Gasteiger partial charge in [0.15, 0.2) is 5.57 Å². The van der Waals surface area contributed by atoms with Crippen LogP contribution in [0.2, 0.25) is 0 Å². The number of nitrogens with two attached hydrogens (primary N) is 1. The lowest BCUT2D eigenvalue weighted by molar-refractivity contribution is 0.0879. The molecule has 1 aliphatic heterocycles. The summed E-state index contributed by atoms with van der Waals surface area (Å²) in [5, 5.41) is 29.1. The first-order valence-electron chi connectivity index (χ1n) is 7.50. The van der Waals surface area contributed by atoms with Crippen LogP contribution >= 0.6 is 0 Å². The maximum Gasteiger partial charge on any atom is 0.258 e. The molecule has 0 aliphatic carbocycles. The van der Waals surface area contributed by atoms with Crippen molar-refractivity contribution in [1.29, 1.82) is 15.8 Å². The minimum absolute atomic E-state index is 0.0899. The van der Waals surface area contributed by atoms with E-state index in [-0.39, 0.29) is 28.2 Å². The molecule has 128 valence electrons. The van der Waals surface area contributed by atoms with Crippen molar-refractivity contribution in [3.8, 4) is 29.5 Å². The zero-order valence-electron chi connectivity index (χ0n) is 13.6. The van der Waals surface area contributed by atoms with Crippen LogP contribution in [0.1, 0.15) is 26.5 Å². The van der Waals surface area contributed by atoms with Gasteiger partial charge in [-0.25, -0.2) is 0 Å². The first-order chi connectivity index (χ1) is 13.0. The van der Waals surface area contributed by atoms with E-state index in [9.17, 15) is 14.9 Å². The molecule has 2 amide bonds. The highest BCUT2D eigenvalue weighted by Crippen LogP contribution is 2.27. The van der Waals surface area contributed by atoms with Gasteiger partial charge < -0.3 is 10.2 Å². The topological polar surface area (TPSA) is 157 Å². The van der Waals surface area contributed by atoms with Gasteiger partial charge >= 0.3 is 0 Å². The van der Waals surface area contributed by atoms with Crippen LogP contribution < -0.4 is 11.1 Å². The number of fused-ring (bicyclic) bond motifs is 1. The largest absolute Gasteiger partial charge is 0.457 e. The molecule has 1 aromatic carbocycles. The van der Waals surface area contributed by atoms with Gasteiger partial charge in [0.05, 0.1) is 22.4 Å². The third kappa shape index (κ3) is 3.05. The standard InChI is InChI=1S/C19H9N5O3/c20-7-11(17(23)12(8-21)9-22)5-13-2-4-16(27-13)10-1-3-14-15(6-10)19(26)24-18(14)25/h1-6H,23H2,(H,24,25,26)/b11-5+. The van der Waals surface area contributed by atoms with Crippen LogP contribution in [0.5, 0.6) is 0 Å². The predicted molar refractivity (Wildman–Crippen MR) is 92.0 cm³/mol. The van der Waals surface area contributed by atoms with Crippen LogP contribution in [-0.2, 0) is 0 Å². The number of imide groups is 1. The number of carbonyl (C=O) groups excluding carboxylic acids is 2. The minimum Gasteiger partial charge on any atom is -0.457 e. The number of nitrogens with zero attached hydrogens (tertiary/aromatic N) is 3. The van der Waals surface area contributed by atoms with E-state index in [0.717, 1.165) is 0 Å². The Bertz CT molecular complexity index is 1160. The van der Waals surface area contributed by atoms with Gasteiger partial charge in [-0.3, -0.25) is 14.9 Å². The van der Waals surface area contributed by atoms with Crippen LogP contribution in [0.25, 0.3) is 17.4 Å². The van der Waals surface area contributed by atoms with Gasteiger partial charge in [0, 0.05) is 11.6 Å². The predicted octanol–water partition coefficient (Wildman–Crippen LogP) is 2.00. The number of allylic oxidation sites excluding steroid dienone is 2. The molecule has 0 radical (unpaired) electrons. The summed E-state index contributed by atoms with van der Waals surface area (Å²) in [6.07, 6.45) is 1.30. The second kappa shape index (κ2) is 6.72. The van der Waals surface area contributed by atoms with Gasteiger partial charge in [-0.2, -0.15) is 15.8 Å². The van der Waals surface area contributed by atoms with Gasteiger partial charge in [0.25, 0.3) is 11.8 Å². The number of amides is 2. The number of hydrogen-bond acceptors (Lipinski definition) is 7. The Morgan fingerprint density at radius 1 is 1.00 bits per heavy atom. The van der Waals surface area contributed by atoms with Crippen molar-refractivity contribution in [3.05, 3.63) is 64.1 Å². The Labute approximate surface area is 153 Å². The van der Waals surface area contributed by atoms with Crippen LogP contribution in [0.15, 0.2) is 51.6 Å². The van der Waals surface area contributed by atoms with Crippen LogP contribution in [0.3, 0.4) is 0 Å². The number of nitrogens with one attached hydrogen (secondary N) is 1. The molecule has 3 rings (SSSR count). The van der Waals surface area contributed by atoms with Crippen LogP contribution in [-0.4, -0.2) is 11.8 Å². The first kappa shape index (κ1) is 17.2. The monoisotopic (exact) mass is 355 g/mol. The molecule has 1 aliphatic rings. The first-order valence-corrected chi connectivity index (χ1v) is 7.50. The summed E-state index contributed by atoms with van der Waals surface area (Å²) in [5.41, 5.74) is 6.08. The van der Waals surface area contributed by atoms with E-state index in [1.807, 2.05) is 6.07 Å². The smallest absolute Gasteiger partial charge is 0.258 e. The molecule has 0 saturated carbocycles. The second-order valence-electron chi connectivity index (χ2n) is 5.43. The van der Waals surface area contributed by atoms with Crippen LogP contribution in [0, 0.1) is 34.0 Å². The Morgan fingerprint density at radius 2 is 1.70 bits per heavy atom. The molecule has 0 saturated heterocycles. The normalized spacial score (nSPS) is 12.4. The fourth-order valence-electron chi connectivity index (χ4n) is 2.50. The summed E-state index contributed by atoms with van der Waals surface area (Å²) < 4.78 is 5.63. The molecular weight excluding hydrogens is 346 g/mol. The van der Waals surface area contributed by atoms with E-state index in [1.165, 1.54) is 18.2 Å². The molecule has 0 unspecified atom stereocenters. The van der Waals surface area contributed by atoms with Crippen LogP contribution in [0.4, 0.5) is 0 Å².